The highest BCUT2D eigenvalue weighted by Gasteiger charge is 2.04. The van der Waals surface area contributed by atoms with E-state index in [1.165, 1.54) is 0 Å². The summed E-state index contributed by atoms with van der Waals surface area (Å²) in [4.78, 5) is 3.75. The zero-order valence-corrected chi connectivity index (χ0v) is 7.24. The maximum absolute atomic E-state index is 8.52. The first-order valence-electron chi connectivity index (χ1n) is 2.88. The fourth-order valence-corrected chi connectivity index (χ4v) is 1.01. The van der Waals surface area contributed by atoms with Crippen molar-refractivity contribution in [1.29, 1.82) is 5.26 Å². The van der Waals surface area contributed by atoms with Gasteiger partial charge in [-0.3, -0.25) is 0 Å². The van der Waals surface area contributed by atoms with Gasteiger partial charge in [-0.2, -0.15) is 5.26 Å². The third-order valence-corrected chi connectivity index (χ3v) is 1.90. The van der Waals surface area contributed by atoms with Gasteiger partial charge in [0.25, 0.3) is 0 Å². The maximum atomic E-state index is 8.52. The van der Waals surface area contributed by atoms with Gasteiger partial charge in [0.2, 0.25) is 0 Å². The van der Waals surface area contributed by atoms with Crippen LogP contribution >= 0.6 is 23.2 Å². The standard InChI is InChI=1S/C7H4Cl2N2/c1-4-2-5(3-10)7(9)11-6(4)8/h2H,1H3. The Bertz CT molecular complexity index is 328. The van der Waals surface area contributed by atoms with Crippen molar-refractivity contribution < 1.29 is 0 Å². The Balaban J connectivity index is 3.35. The summed E-state index contributed by atoms with van der Waals surface area (Å²) in [7, 11) is 0. The molecule has 1 aromatic heterocycles. The van der Waals surface area contributed by atoms with Crippen molar-refractivity contribution in [2.75, 3.05) is 0 Å². The van der Waals surface area contributed by atoms with Crippen LogP contribution in [0.2, 0.25) is 10.3 Å². The summed E-state index contributed by atoms with van der Waals surface area (Å²) in [6, 6.07) is 3.52. The van der Waals surface area contributed by atoms with E-state index in [-0.39, 0.29) is 5.15 Å². The fourth-order valence-electron chi connectivity index (χ4n) is 0.649. The highest BCUT2D eigenvalue weighted by molar-refractivity contribution is 6.33. The Morgan fingerprint density at radius 2 is 2.09 bits per heavy atom. The summed E-state index contributed by atoms with van der Waals surface area (Å²) < 4.78 is 0. The monoisotopic (exact) mass is 186 g/mol. The van der Waals surface area contributed by atoms with Crippen LogP contribution in [0.5, 0.6) is 0 Å². The summed E-state index contributed by atoms with van der Waals surface area (Å²) >= 11 is 11.2. The number of hydrogen-bond donors (Lipinski definition) is 0. The molecule has 1 heterocycles. The molecule has 1 aromatic rings. The second-order valence-corrected chi connectivity index (χ2v) is 2.76. The van der Waals surface area contributed by atoms with Gasteiger partial charge in [0.05, 0.1) is 5.56 Å². The van der Waals surface area contributed by atoms with Crippen LogP contribution in [0.25, 0.3) is 0 Å². The van der Waals surface area contributed by atoms with E-state index >= 15 is 0 Å². The second kappa shape index (κ2) is 3.08. The predicted molar refractivity (Wildman–Crippen MR) is 43.7 cm³/mol. The number of hydrogen-bond acceptors (Lipinski definition) is 2. The van der Waals surface area contributed by atoms with E-state index in [1.54, 1.807) is 13.0 Å². The molecule has 0 N–H and O–H groups in total. The Morgan fingerprint density at radius 3 is 2.64 bits per heavy atom. The molecule has 0 fully saturated rings. The largest absolute Gasteiger partial charge is 0.223 e. The molecule has 0 saturated carbocycles. The lowest BCUT2D eigenvalue weighted by Gasteiger charge is -1.97. The van der Waals surface area contributed by atoms with Gasteiger partial charge in [-0.15, -0.1) is 0 Å². The van der Waals surface area contributed by atoms with Crippen molar-refractivity contribution >= 4 is 23.2 Å². The van der Waals surface area contributed by atoms with Crippen molar-refractivity contribution in [1.82, 2.24) is 4.98 Å². The summed E-state index contributed by atoms with van der Waals surface area (Å²) in [6.07, 6.45) is 0. The number of halogens is 2. The van der Waals surface area contributed by atoms with Crippen LogP contribution in [0, 0.1) is 18.3 Å². The van der Waals surface area contributed by atoms with E-state index in [0.717, 1.165) is 5.56 Å². The van der Waals surface area contributed by atoms with Crippen LogP contribution in [0.3, 0.4) is 0 Å². The molecule has 0 saturated heterocycles. The van der Waals surface area contributed by atoms with Gasteiger partial charge in [-0.05, 0) is 18.6 Å². The van der Waals surface area contributed by atoms with E-state index in [1.807, 2.05) is 6.07 Å². The second-order valence-electron chi connectivity index (χ2n) is 2.05. The van der Waals surface area contributed by atoms with Crippen LogP contribution in [0.15, 0.2) is 6.07 Å². The number of nitriles is 1. The Kier molecular flexibility index (Phi) is 2.33. The molecule has 0 aliphatic heterocycles. The quantitative estimate of drug-likeness (QED) is 0.585. The molecular weight excluding hydrogens is 183 g/mol. The van der Waals surface area contributed by atoms with E-state index < -0.39 is 0 Å². The van der Waals surface area contributed by atoms with Crippen LogP contribution in [0.1, 0.15) is 11.1 Å². The maximum Gasteiger partial charge on any atom is 0.148 e. The fraction of sp³-hybridized carbons (Fsp3) is 0.143. The van der Waals surface area contributed by atoms with Gasteiger partial charge in [0, 0.05) is 0 Å². The normalized spacial score (nSPS) is 9.27. The predicted octanol–water partition coefficient (Wildman–Crippen LogP) is 2.57. The van der Waals surface area contributed by atoms with Crippen LogP contribution in [0.4, 0.5) is 0 Å². The minimum absolute atomic E-state index is 0.156. The third kappa shape index (κ3) is 1.62. The lowest BCUT2D eigenvalue weighted by molar-refractivity contribution is 1.25. The van der Waals surface area contributed by atoms with Gasteiger partial charge in [-0.25, -0.2) is 4.98 Å². The molecule has 0 aliphatic rings. The number of aryl methyl sites for hydroxylation is 1. The molecule has 0 unspecified atom stereocenters. The molecule has 0 aromatic carbocycles. The Labute approximate surface area is 74.4 Å². The average Bonchev–Trinajstić information content (AvgIpc) is 1.97. The van der Waals surface area contributed by atoms with Crippen molar-refractivity contribution in [2.24, 2.45) is 0 Å². The molecule has 56 valence electrons. The molecule has 2 nitrogen and oxygen atoms in total. The minimum atomic E-state index is 0.156. The van der Waals surface area contributed by atoms with Crippen molar-refractivity contribution in [2.45, 2.75) is 6.92 Å². The number of rotatable bonds is 0. The van der Waals surface area contributed by atoms with Crippen molar-refractivity contribution in [3.63, 3.8) is 0 Å². The topological polar surface area (TPSA) is 36.7 Å². The zero-order valence-electron chi connectivity index (χ0n) is 5.73. The lowest BCUT2D eigenvalue weighted by Crippen LogP contribution is -1.86. The van der Waals surface area contributed by atoms with E-state index in [9.17, 15) is 0 Å². The van der Waals surface area contributed by atoms with E-state index in [4.69, 9.17) is 28.5 Å². The molecule has 0 aliphatic carbocycles. The first kappa shape index (κ1) is 8.32. The molecule has 0 amide bonds. The number of nitrogens with zero attached hydrogens (tertiary/aromatic N) is 2. The van der Waals surface area contributed by atoms with Crippen molar-refractivity contribution in [3.8, 4) is 6.07 Å². The Morgan fingerprint density at radius 1 is 1.45 bits per heavy atom. The smallest absolute Gasteiger partial charge is 0.148 e. The van der Waals surface area contributed by atoms with Crippen LogP contribution in [-0.4, -0.2) is 4.98 Å². The number of aromatic nitrogens is 1. The molecule has 1 rings (SSSR count). The third-order valence-electron chi connectivity index (χ3n) is 1.23. The molecule has 0 radical (unpaired) electrons. The van der Waals surface area contributed by atoms with Crippen LogP contribution in [-0.2, 0) is 0 Å². The Hall–Kier alpha value is -0.780. The molecule has 11 heavy (non-hydrogen) atoms. The van der Waals surface area contributed by atoms with Crippen molar-refractivity contribution in [3.05, 3.63) is 27.5 Å². The molecule has 0 spiro atoms. The van der Waals surface area contributed by atoms with Gasteiger partial charge in [0.15, 0.2) is 0 Å². The lowest BCUT2D eigenvalue weighted by atomic mass is 10.2. The average molecular weight is 187 g/mol. The summed E-state index contributed by atoms with van der Waals surface area (Å²) in [6.45, 7) is 1.77. The van der Waals surface area contributed by atoms with E-state index in [2.05, 4.69) is 4.98 Å². The molecule has 0 bridgehead atoms. The summed E-state index contributed by atoms with van der Waals surface area (Å²) in [5.41, 5.74) is 1.11. The number of pyridine rings is 1. The SMILES string of the molecule is Cc1cc(C#N)c(Cl)nc1Cl. The highest BCUT2D eigenvalue weighted by Crippen LogP contribution is 2.19. The minimum Gasteiger partial charge on any atom is -0.223 e. The van der Waals surface area contributed by atoms with Gasteiger partial charge in [0.1, 0.15) is 16.4 Å². The van der Waals surface area contributed by atoms with E-state index in [0.29, 0.717) is 10.7 Å². The first-order chi connectivity index (χ1) is 5.15. The van der Waals surface area contributed by atoms with Crippen LogP contribution < -0.4 is 0 Å². The van der Waals surface area contributed by atoms with Gasteiger partial charge in [-0.1, -0.05) is 23.2 Å². The molecule has 4 heteroatoms. The van der Waals surface area contributed by atoms with Gasteiger partial charge >= 0.3 is 0 Å². The molecular formula is C7H4Cl2N2. The summed E-state index contributed by atoms with van der Waals surface area (Å²) in [5.74, 6) is 0. The molecule has 0 atom stereocenters. The zero-order chi connectivity index (χ0) is 8.43. The van der Waals surface area contributed by atoms with Gasteiger partial charge < -0.3 is 0 Å². The first-order valence-corrected chi connectivity index (χ1v) is 3.63. The highest BCUT2D eigenvalue weighted by atomic mass is 35.5. The summed E-state index contributed by atoms with van der Waals surface area (Å²) in [5, 5.41) is 9.01.